The summed E-state index contributed by atoms with van der Waals surface area (Å²) in [6, 6.07) is 62.4. The van der Waals surface area contributed by atoms with E-state index < -0.39 is 0 Å². The highest BCUT2D eigenvalue weighted by molar-refractivity contribution is 6.11. The summed E-state index contributed by atoms with van der Waals surface area (Å²) in [6.07, 6.45) is 1.88. The molecule has 0 radical (unpaired) electrons. The molecule has 0 saturated heterocycles. The van der Waals surface area contributed by atoms with Crippen molar-refractivity contribution in [3.8, 4) is 45.0 Å². The van der Waals surface area contributed by atoms with Gasteiger partial charge in [-0.2, -0.15) is 0 Å². The lowest BCUT2D eigenvalue weighted by molar-refractivity contribution is 1.08. The van der Waals surface area contributed by atoms with Crippen LogP contribution in [0, 0.1) is 0 Å². The number of rotatable bonds is 5. The lowest BCUT2D eigenvalue weighted by atomic mass is 10.0. The summed E-state index contributed by atoms with van der Waals surface area (Å²) >= 11 is 0. The molecule has 0 N–H and O–H groups in total. The molecule has 0 bridgehead atoms. The van der Waals surface area contributed by atoms with Crippen molar-refractivity contribution in [3.63, 3.8) is 0 Å². The van der Waals surface area contributed by atoms with Crippen LogP contribution in [0.4, 0.5) is 0 Å². The van der Waals surface area contributed by atoms with Crippen molar-refractivity contribution in [1.82, 2.24) is 19.1 Å². The molecule has 0 fully saturated rings. The predicted octanol–water partition coefficient (Wildman–Crippen LogP) is 11.7. The molecule has 0 aliphatic heterocycles. The van der Waals surface area contributed by atoms with E-state index in [0.717, 1.165) is 78.0 Å². The van der Waals surface area contributed by atoms with Gasteiger partial charge in [-0.25, -0.2) is 4.98 Å². The fourth-order valence-electron chi connectivity index (χ4n) is 7.45. The Balaban J connectivity index is 1.18. The number of pyridine rings is 2. The molecule has 4 nitrogen and oxygen atoms in total. The minimum absolute atomic E-state index is 0.894. The Bertz CT molecular complexity index is 2790. The summed E-state index contributed by atoms with van der Waals surface area (Å²) in [7, 11) is 0. The Kier molecular flexibility index (Phi) is 6.46. The minimum Gasteiger partial charge on any atom is -0.308 e. The first-order valence-electron chi connectivity index (χ1n) is 16.9. The first-order valence-corrected chi connectivity index (χ1v) is 16.9. The van der Waals surface area contributed by atoms with Crippen molar-refractivity contribution in [1.29, 1.82) is 0 Å². The Morgan fingerprint density at radius 1 is 0.360 bits per heavy atom. The zero-order valence-corrected chi connectivity index (χ0v) is 27.1. The Morgan fingerprint density at radius 3 is 1.84 bits per heavy atom. The van der Waals surface area contributed by atoms with Gasteiger partial charge in [-0.05, 0) is 89.0 Å². The van der Waals surface area contributed by atoms with Gasteiger partial charge in [-0.15, -0.1) is 0 Å². The highest BCUT2D eigenvalue weighted by atomic mass is 15.1. The van der Waals surface area contributed by atoms with Crippen LogP contribution in [-0.2, 0) is 0 Å². The van der Waals surface area contributed by atoms with Gasteiger partial charge in [0.05, 0.1) is 33.3 Å². The Labute approximate surface area is 289 Å². The summed E-state index contributed by atoms with van der Waals surface area (Å²) in [5.74, 6) is 0.894. The third-order valence-corrected chi connectivity index (χ3v) is 9.76. The van der Waals surface area contributed by atoms with Crippen molar-refractivity contribution >= 4 is 43.7 Å². The molecule has 0 atom stereocenters. The van der Waals surface area contributed by atoms with Gasteiger partial charge in [0.25, 0.3) is 0 Å². The molecule has 4 aromatic heterocycles. The summed E-state index contributed by atoms with van der Waals surface area (Å²) in [6.45, 7) is 0. The maximum atomic E-state index is 5.30. The second-order valence-electron chi connectivity index (χ2n) is 12.7. The lowest BCUT2D eigenvalue weighted by Crippen LogP contribution is -2.00. The quantitative estimate of drug-likeness (QED) is 0.188. The topological polar surface area (TPSA) is 35.6 Å². The van der Waals surface area contributed by atoms with E-state index >= 15 is 0 Å². The van der Waals surface area contributed by atoms with E-state index in [9.17, 15) is 0 Å². The molecule has 50 heavy (non-hydrogen) atoms. The number of para-hydroxylation sites is 2. The number of aromatic nitrogens is 4. The molecule has 234 valence electrons. The van der Waals surface area contributed by atoms with E-state index in [1.807, 2.05) is 18.3 Å². The summed E-state index contributed by atoms with van der Waals surface area (Å²) in [5, 5.41) is 3.53. The zero-order chi connectivity index (χ0) is 33.0. The monoisotopic (exact) mass is 638 g/mol. The predicted molar refractivity (Wildman–Crippen MR) is 207 cm³/mol. The van der Waals surface area contributed by atoms with Crippen LogP contribution in [0.2, 0.25) is 0 Å². The molecule has 10 rings (SSSR count). The molecular weight excluding hydrogens is 609 g/mol. The first kappa shape index (κ1) is 28.3. The number of hydrogen-bond donors (Lipinski definition) is 0. The van der Waals surface area contributed by atoms with Crippen molar-refractivity contribution in [3.05, 3.63) is 182 Å². The standard InChI is InChI=1S/C46H30N4/c1-4-13-31(14-5-1)35-28-40(32-15-6-2-7-16-32)48-45(30-35)50-41-20-11-10-19-37(41)39-27-33(23-25-42(39)50)34-22-24-38-44(29-34)49(36-17-8-3-9-18-36)43-21-12-26-47-46(38)43/h1-30H. The van der Waals surface area contributed by atoms with Crippen LogP contribution in [-0.4, -0.2) is 19.1 Å². The van der Waals surface area contributed by atoms with Gasteiger partial charge in [-0.1, -0.05) is 109 Å². The fraction of sp³-hybridized carbons (Fsp3) is 0. The van der Waals surface area contributed by atoms with Crippen molar-refractivity contribution in [2.45, 2.75) is 0 Å². The summed E-state index contributed by atoms with van der Waals surface area (Å²) in [5.41, 5.74) is 13.3. The summed E-state index contributed by atoms with van der Waals surface area (Å²) < 4.78 is 4.64. The average molecular weight is 639 g/mol. The number of hydrogen-bond acceptors (Lipinski definition) is 2. The Morgan fingerprint density at radius 2 is 1.02 bits per heavy atom. The van der Waals surface area contributed by atoms with E-state index in [2.05, 4.69) is 173 Å². The Hall–Kier alpha value is -6.78. The SMILES string of the molecule is c1ccc(-c2cc(-c3ccccc3)nc(-n3c4ccccc4c4cc(-c5ccc6c7ncccc7n(-c7ccccc7)c6c5)ccc43)c2)cc1. The zero-order valence-electron chi connectivity index (χ0n) is 27.1. The van der Waals surface area contributed by atoms with E-state index in [4.69, 9.17) is 9.97 Å². The van der Waals surface area contributed by atoms with Crippen molar-refractivity contribution in [2.24, 2.45) is 0 Å². The molecule has 0 unspecified atom stereocenters. The molecule has 0 aliphatic rings. The van der Waals surface area contributed by atoms with Crippen molar-refractivity contribution < 1.29 is 0 Å². The number of benzene rings is 6. The van der Waals surface area contributed by atoms with Gasteiger partial charge in [-0.3, -0.25) is 9.55 Å². The normalized spacial score (nSPS) is 11.6. The van der Waals surface area contributed by atoms with Crippen molar-refractivity contribution in [2.75, 3.05) is 0 Å². The number of nitrogens with zero attached hydrogens (tertiary/aromatic N) is 4. The van der Waals surface area contributed by atoms with Gasteiger partial charge < -0.3 is 4.57 Å². The largest absolute Gasteiger partial charge is 0.308 e. The summed E-state index contributed by atoms with van der Waals surface area (Å²) in [4.78, 5) is 10.1. The first-order chi connectivity index (χ1) is 24.8. The van der Waals surface area contributed by atoms with Crippen LogP contribution in [0.25, 0.3) is 88.8 Å². The maximum absolute atomic E-state index is 5.30. The highest BCUT2D eigenvalue weighted by Crippen LogP contribution is 2.38. The lowest BCUT2D eigenvalue weighted by Gasteiger charge is -2.13. The average Bonchev–Trinajstić information content (AvgIpc) is 3.71. The van der Waals surface area contributed by atoms with Gasteiger partial charge in [0.15, 0.2) is 0 Å². The molecule has 0 spiro atoms. The van der Waals surface area contributed by atoms with Crippen LogP contribution < -0.4 is 0 Å². The van der Waals surface area contributed by atoms with Crippen LogP contribution in [0.3, 0.4) is 0 Å². The van der Waals surface area contributed by atoms with Crippen LogP contribution in [0.1, 0.15) is 0 Å². The molecular formula is C46H30N4. The van der Waals surface area contributed by atoms with Crippen LogP contribution >= 0.6 is 0 Å². The van der Waals surface area contributed by atoms with Gasteiger partial charge >= 0.3 is 0 Å². The van der Waals surface area contributed by atoms with Gasteiger partial charge in [0, 0.05) is 33.6 Å². The smallest absolute Gasteiger partial charge is 0.138 e. The van der Waals surface area contributed by atoms with E-state index in [-0.39, 0.29) is 0 Å². The van der Waals surface area contributed by atoms with E-state index in [1.165, 1.54) is 10.8 Å². The molecule has 4 heterocycles. The minimum atomic E-state index is 0.894. The fourth-order valence-corrected chi connectivity index (χ4v) is 7.45. The van der Waals surface area contributed by atoms with Gasteiger partial charge in [0.2, 0.25) is 0 Å². The third-order valence-electron chi connectivity index (χ3n) is 9.76. The highest BCUT2D eigenvalue weighted by Gasteiger charge is 2.18. The van der Waals surface area contributed by atoms with E-state index in [0.29, 0.717) is 0 Å². The molecule has 6 aromatic carbocycles. The molecule has 0 amide bonds. The van der Waals surface area contributed by atoms with E-state index in [1.54, 1.807) is 0 Å². The number of fused-ring (bicyclic) bond motifs is 6. The second kappa shape index (κ2) is 11.4. The maximum Gasteiger partial charge on any atom is 0.138 e. The molecule has 0 aliphatic carbocycles. The van der Waals surface area contributed by atoms with Crippen LogP contribution in [0.5, 0.6) is 0 Å². The third kappa shape index (κ3) is 4.54. The van der Waals surface area contributed by atoms with Crippen LogP contribution in [0.15, 0.2) is 182 Å². The van der Waals surface area contributed by atoms with Gasteiger partial charge in [0.1, 0.15) is 5.82 Å². The molecule has 4 heteroatoms. The second-order valence-corrected chi connectivity index (χ2v) is 12.7. The molecule has 10 aromatic rings. The molecule has 0 saturated carbocycles.